The van der Waals surface area contributed by atoms with E-state index in [4.69, 9.17) is 9.47 Å². The monoisotopic (exact) mass is 521 g/mol. The Kier molecular flexibility index (Phi) is 6.32. The van der Waals surface area contributed by atoms with Crippen molar-refractivity contribution in [1.82, 2.24) is 0 Å². The predicted octanol–water partition coefficient (Wildman–Crippen LogP) is 6.25. The normalized spacial score (nSPS) is 15.4. The standard InChI is InChI=1S/C26H20INO3/c1-3-24(19-7-5-4-6-8-19)30-21-12-9-18(10-13-21)16-23-26(29)31-25(28-23)20-11-14-22(27)17(2)15-20/h3-16,24H,1H2,2H3/b23-16-. The number of aliphatic imine (C=N–C) groups is 1. The molecule has 0 aliphatic carbocycles. The summed E-state index contributed by atoms with van der Waals surface area (Å²) in [6, 6.07) is 23.2. The number of ether oxygens (including phenoxy) is 2. The molecule has 1 heterocycles. The molecule has 0 amide bonds. The highest BCUT2D eigenvalue weighted by Crippen LogP contribution is 2.25. The highest BCUT2D eigenvalue weighted by Gasteiger charge is 2.24. The number of esters is 1. The van der Waals surface area contributed by atoms with Gasteiger partial charge in [0.25, 0.3) is 0 Å². The molecule has 0 bridgehead atoms. The van der Waals surface area contributed by atoms with E-state index in [9.17, 15) is 4.79 Å². The van der Waals surface area contributed by atoms with Crippen LogP contribution in [-0.2, 0) is 9.53 Å². The van der Waals surface area contributed by atoms with Crippen molar-refractivity contribution in [2.75, 3.05) is 0 Å². The maximum atomic E-state index is 12.3. The Balaban J connectivity index is 1.51. The van der Waals surface area contributed by atoms with Gasteiger partial charge in [0.05, 0.1) is 0 Å². The van der Waals surface area contributed by atoms with Crippen molar-refractivity contribution in [3.8, 4) is 5.75 Å². The van der Waals surface area contributed by atoms with Crippen molar-refractivity contribution < 1.29 is 14.3 Å². The Labute approximate surface area is 195 Å². The largest absolute Gasteiger partial charge is 0.482 e. The molecule has 3 aromatic rings. The molecule has 1 aliphatic heterocycles. The quantitative estimate of drug-likeness (QED) is 0.167. The van der Waals surface area contributed by atoms with Gasteiger partial charge >= 0.3 is 5.97 Å². The first-order chi connectivity index (χ1) is 15.0. The van der Waals surface area contributed by atoms with E-state index in [1.165, 1.54) is 0 Å². The van der Waals surface area contributed by atoms with Gasteiger partial charge in [-0.2, -0.15) is 0 Å². The third-order valence-corrected chi connectivity index (χ3v) is 6.02. The van der Waals surface area contributed by atoms with Gasteiger partial charge in [-0.15, -0.1) is 0 Å². The Morgan fingerprint density at radius 2 is 1.81 bits per heavy atom. The SMILES string of the molecule is C=CC(Oc1ccc(/C=C2\N=C(c3ccc(I)c(C)c3)OC2=O)cc1)c1ccccc1. The van der Waals surface area contributed by atoms with Crippen molar-refractivity contribution in [2.24, 2.45) is 4.99 Å². The molecule has 154 valence electrons. The predicted molar refractivity (Wildman–Crippen MR) is 131 cm³/mol. The summed E-state index contributed by atoms with van der Waals surface area (Å²) in [6.07, 6.45) is 3.24. The first-order valence-corrected chi connectivity index (χ1v) is 10.8. The molecule has 0 N–H and O–H groups in total. The number of halogens is 1. The van der Waals surface area contributed by atoms with Gasteiger partial charge in [-0.1, -0.05) is 49.0 Å². The Hall–Kier alpha value is -3.19. The van der Waals surface area contributed by atoms with Crippen LogP contribution >= 0.6 is 22.6 Å². The molecule has 1 atom stereocenters. The van der Waals surface area contributed by atoms with E-state index in [-0.39, 0.29) is 11.8 Å². The Morgan fingerprint density at radius 3 is 2.48 bits per heavy atom. The van der Waals surface area contributed by atoms with Crippen LogP contribution in [0.25, 0.3) is 6.08 Å². The minimum absolute atomic E-state index is 0.236. The number of hydrogen-bond acceptors (Lipinski definition) is 4. The zero-order valence-electron chi connectivity index (χ0n) is 16.9. The smallest absolute Gasteiger partial charge is 0.363 e. The summed E-state index contributed by atoms with van der Waals surface area (Å²) in [5, 5.41) is 0. The third kappa shape index (κ3) is 4.94. The lowest BCUT2D eigenvalue weighted by atomic mass is 10.1. The summed E-state index contributed by atoms with van der Waals surface area (Å²) < 4.78 is 12.6. The number of benzene rings is 3. The molecule has 31 heavy (non-hydrogen) atoms. The van der Waals surface area contributed by atoms with Gasteiger partial charge in [0.1, 0.15) is 11.9 Å². The lowest BCUT2D eigenvalue weighted by Gasteiger charge is -2.16. The molecule has 5 heteroatoms. The van der Waals surface area contributed by atoms with E-state index in [0.29, 0.717) is 11.6 Å². The maximum Gasteiger partial charge on any atom is 0.363 e. The second-order valence-corrected chi connectivity index (χ2v) is 8.22. The second-order valence-electron chi connectivity index (χ2n) is 7.05. The van der Waals surface area contributed by atoms with E-state index in [2.05, 4.69) is 34.2 Å². The Bertz CT molecular complexity index is 1180. The molecule has 4 rings (SSSR count). The molecule has 0 fully saturated rings. The van der Waals surface area contributed by atoms with Crippen LogP contribution in [-0.4, -0.2) is 11.9 Å². The molecular formula is C26H20INO3. The molecule has 0 saturated heterocycles. The average molecular weight is 521 g/mol. The molecule has 3 aromatic carbocycles. The van der Waals surface area contributed by atoms with Gasteiger partial charge in [-0.3, -0.25) is 0 Å². The molecule has 0 saturated carbocycles. The minimum Gasteiger partial charge on any atom is -0.482 e. The number of carbonyl (C=O) groups excluding carboxylic acids is 1. The zero-order valence-corrected chi connectivity index (χ0v) is 19.1. The van der Waals surface area contributed by atoms with Crippen molar-refractivity contribution in [2.45, 2.75) is 13.0 Å². The summed E-state index contributed by atoms with van der Waals surface area (Å²) in [5.41, 5.74) is 4.03. The van der Waals surface area contributed by atoms with Crippen LogP contribution in [0, 0.1) is 10.5 Å². The number of nitrogens with zero attached hydrogens (tertiary/aromatic N) is 1. The van der Waals surface area contributed by atoms with Crippen LogP contribution in [0.2, 0.25) is 0 Å². The van der Waals surface area contributed by atoms with Crippen LogP contribution < -0.4 is 4.74 Å². The lowest BCUT2D eigenvalue weighted by molar-refractivity contribution is -0.129. The van der Waals surface area contributed by atoms with Gasteiger partial charge in [0.2, 0.25) is 5.90 Å². The van der Waals surface area contributed by atoms with E-state index in [0.717, 1.165) is 25.8 Å². The maximum absolute atomic E-state index is 12.3. The topological polar surface area (TPSA) is 47.9 Å². The number of aryl methyl sites for hydroxylation is 1. The fraction of sp³-hybridized carbons (Fsp3) is 0.0769. The van der Waals surface area contributed by atoms with Crippen LogP contribution in [0.3, 0.4) is 0 Å². The fourth-order valence-electron chi connectivity index (χ4n) is 3.15. The lowest BCUT2D eigenvalue weighted by Crippen LogP contribution is -2.05. The minimum atomic E-state index is -0.456. The third-order valence-electron chi connectivity index (χ3n) is 4.81. The highest BCUT2D eigenvalue weighted by molar-refractivity contribution is 14.1. The van der Waals surface area contributed by atoms with Crippen LogP contribution in [0.15, 0.2) is 96.1 Å². The van der Waals surface area contributed by atoms with Crippen molar-refractivity contribution in [3.63, 3.8) is 0 Å². The van der Waals surface area contributed by atoms with Gasteiger partial charge < -0.3 is 9.47 Å². The molecule has 1 aliphatic rings. The van der Waals surface area contributed by atoms with E-state index < -0.39 is 5.97 Å². The average Bonchev–Trinajstić information content (AvgIpc) is 3.16. The van der Waals surface area contributed by atoms with Gasteiger partial charge in [-0.25, -0.2) is 9.79 Å². The van der Waals surface area contributed by atoms with Crippen LogP contribution in [0.4, 0.5) is 0 Å². The number of cyclic esters (lactones) is 1. The van der Waals surface area contributed by atoms with Crippen molar-refractivity contribution in [3.05, 3.63) is 117 Å². The van der Waals surface area contributed by atoms with E-state index >= 15 is 0 Å². The van der Waals surface area contributed by atoms with Gasteiger partial charge in [-0.05, 0) is 88.7 Å². The first-order valence-electron chi connectivity index (χ1n) is 9.77. The van der Waals surface area contributed by atoms with Crippen LogP contribution in [0.5, 0.6) is 5.75 Å². The van der Waals surface area contributed by atoms with Crippen molar-refractivity contribution >= 4 is 40.5 Å². The summed E-state index contributed by atoms with van der Waals surface area (Å²) >= 11 is 2.27. The van der Waals surface area contributed by atoms with Gasteiger partial charge in [0.15, 0.2) is 5.70 Å². The van der Waals surface area contributed by atoms with E-state index in [1.807, 2.05) is 79.7 Å². The molecule has 1 unspecified atom stereocenters. The van der Waals surface area contributed by atoms with Gasteiger partial charge in [0, 0.05) is 9.13 Å². The molecule has 0 aromatic heterocycles. The summed E-state index contributed by atoms with van der Waals surface area (Å²) in [7, 11) is 0. The molecule has 0 radical (unpaired) electrons. The first kappa shape index (κ1) is 21.1. The summed E-state index contributed by atoms with van der Waals surface area (Å²) in [6.45, 7) is 5.88. The zero-order chi connectivity index (χ0) is 21.8. The summed E-state index contributed by atoms with van der Waals surface area (Å²) in [4.78, 5) is 16.7. The summed E-state index contributed by atoms with van der Waals surface area (Å²) in [5.74, 6) is 0.582. The Morgan fingerprint density at radius 1 is 1.06 bits per heavy atom. The fourth-order valence-corrected chi connectivity index (χ4v) is 3.49. The molecular weight excluding hydrogens is 501 g/mol. The van der Waals surface area contributed by atoms with Crippen LogP contribution in [0.1, 0.15) is 28.4 Å². The number of rotatable bonds is 6. The second kappa shape index (κ2) is 9.31. The van der Waals surface area contributed by atoms with E-state index in [1.54, 1.807) is 12.2 Å². The molecule has 4 nitrogen and oxygen atoms in total. The number of carbonyl (C=O) groups is 1. The molecule has 0 spiro atoms. The highest BCUT2D eigenvalue weighted by atomic mass is 127. The number of hydrogen-bond donors (Lipinski definition) is 0. The van der Waals surface area contributed by atoms with Crippen molar-refractivity contribution in [1.29, 1.82) is 0 Å².